The Bertz CT molecular complexity index is 175. The summed E-state index contributed by atoms with van der Waals surface area (Å²) in [6.07, 6.45) is 1.86. The molecule has 1 rings (SSSR count). The Labute approximate surface area is 65.4 Å². The Balaban J connectivity index is 2.62. The largest absolute Gasteiger partial charge is 0.392 e. The topological polar surface area (TPSA) is 77.8 Å². The molecular formula is C6H13O4P. The van der Waals surface area contributed by atoms with E-state index in [1.54, 1.807) is 0 Å². The Kier molecular flexibility index (Phi) is 2.70. The van der Waals surface area contributed by atoms with Crippen molar-refractivity contribution in [2.45, 2.75) is 37.4 Å². The van der Waals surface area contributed by atoms with Crippen molar-refractivity contribution in [3.8, 4) is 0 Å². The standard InChI is InChI=1S/C6H13O4P/c7-5-3-1-2-4-6(5)11(8,9)10/h5-7H,1-4H2,(H2,8,9,10). The molecule has 0 amide bonds. The van der Waals surface area contributed by atoms with Crippen molar-refractivity contribution >= 4 is 7.60 Å². The van der Waals surface area contributed by atoms with E-state index >= 15 is 0 Å². The molecule has 0 spiro atoms. The molecule has 3 N–H and O–H groups in total. The molecule has 0 aromatic carbocycles. The predicted molar refractivity (Wildman–Crippen MR) is 40.3 cm³/mol. The minimum atomic E-state index is -4.05. The molecule has 0 bridgehead atoms. The van der Waals surface area contributed by atoms with Crippen molar-refractivity contribution < 1.29 is 19.5 Å². The Hall–Kier alpha value is 0.110. The first-order chi connectivity index (χ1) is 5.02. The smallest absolute Gasteiger partial charge is 0.331 e. The lowest BCUT2D eigenvalue weighted by Gasteiger charge is -2.27. The summed E-state index contributed by atoms with van der Waals surface area (Å²) in [6.45, 7) is 0. The van der Waals surface area contributed by atoms with Gasteiger partial charge in [0.25, 0.3) is 0 Å². The normalized spacial score (nSPS) is 33.7. The minimum absolute atomic E-state index is 0.450. The van der Waals surface area contributed by atoms with Crippen LogP contribution in [-0.2, 0) is 4.57 Å². The molecule has 1 aliphatic rings. The Morgan fingerprint density at radius 1 is 1.18 bits per heavy atom. The van der Waals surface area contributed by atoms with E-state index in [1.165, 1.54) is 0 Å². The summed E-state index contributed by atoms with van der Waals surface area (Å²) in [4.78, 5) is 17.5. The second kappa shape index (κ2) is 3.23. The van der Waals surface area contributed by atoms with Crippen molar-refractivity contribution in [1.82, 2.24) is 0 Å². The van der Waals surface area contributed by atoms with Gasteiger partial charge in [0.15, 0.2) is 0 Å². The van der Waals surface area contributed by atoms with Gasteiger partial charge in [-0.25, -0.2) is 0 Å². The molecule has 0 radical (unpaired) electrons. The second-order valence-corrected chi connectivity index (χ2v) is 4.85. The van der Waals surface area contributed by atoms with Crippen LogP contribution in [0.2, 0.25) is 0 Å². The maximum atomic E-state index is 10.7. The van der Waals surface area contributed by atoms with Gasteiger partial charge in [0, 0.05) is 0 Å². The molecule has 2 atom stereocenters. The fourth-order valence-electron chi connectivity index (χ4n) is 1.48. The molecule has 0 saturated heterocycles. The van der Waals surface area contributed by atoms with Crippen molar-refractivity contribution in [3.63, 3.8) is 0 Å². The summed E-state index contributed by atoms with van der Waals surface area (Å²) < 4.78 is 10.7. The zero-order valence-corrected chi connectivity index (χ0v) is 7.07. The van der Waals surface area contributed by atoms with E-state index in [0.29, 0.717) is 12.8 Å². The molecule has 1 fully saturated rings. The van der Waals surface area contributed by atoms with Gasteiger partial charge in [-0.05, 0) is 12.8 Å². The first-order valence-corrected chi connectivity index (χ1v) is 5.43. The predicted octanol–water partition coefficient (Wildman–Crippen LogP) is 0.468. The lowest BCUT2D eigenvalue weighted by molar-refractivity contribution is 0.122. The molecule has 2 unspecified atom stereocenters. The third-order valence-corrected chi connectivity index (χ3v) is 3.59. The van der Waals surface area contributed by atoms with Crippen LogP contribution >= 0.6 is 7.60 Å². The average molecular weight is 180 g/mol. The first-order valence-electron chi connectivity index (χ1n) is 3.75. The van der Waals surface area contributed by atoms with Gasteiger partial charge in [0.1, 0.15) is 0 Å². The van der Waals surface area contributed by atoms with Crippen LogP contribution in [0.15, 0.2) is 0 Å². The van der Waals surface area contributed by atoms with Gasteiger partial charge in [-0.3, -0.25) is 4.57 Å². The summed E-state index contributed by atoms with van der Waals surface area (Å²) in [5.41, 5.74) is -0.809. The molecule has 0 aliphatic heterocycles. The lowest BCUT2D eigenvalue weighted by atomic mass is 9.97. The van der Waals surface area contributed by atoms with Crippen LogP contribution in [0, 0.1) is 0 Å². The van der Waals surface area contributed by atoms with Gasteiger partial charge >= 0.3 is 7.60 Å². The maximum absolute atomic E-state index is 10.7. The van der Waals surface area contributed by atoms with E-state index in [0.717, 1.165) is 12.8 Å². The number of aliphatic hydroxyl groups is 1. The molecule has 1 aliphatic carbocycles. The highest BCUT2D eigenvalue weighted by molar-refractivity contribution is 7.52. The van der Waals surface area contributed by atoms with Gasteiger partial charge in [0.2, 0.25) is 0 Å². The molecule has 4 nitrogen and oxygen atoms in total. The van der Waals surface area contributed by atoms with Gasteiger partial charge in [-0.15, -0.1) is 0 Å². The summed E-state index contributed by atoms with van der Waals surface area (Å²) >= 11 is 0. The number of rotatable bonds is 1. The highest BCUT2D eigenvalue weighted by atomic mass is 31.2. The quantitative estimate of drug-likeness (QED) is 0.512. The molecule has 11 heavy (non-hydrogen) atoms. The van der Waals surface area contributed by atoms with Gasteiger partial charge in [-0.2, -0.15) is 0 Å². The maximum Gasteiger partial charge on any atom is 0.331 e. The summed E-state index contributed by atoms with van der Waals surface area (Å²) in [5.74, 6) is 0. The van der Waals surface area contributed by atoms with Crippen molar-refractivity contribution in [2.24, 2.45) is 0 Å². The molecule has 0 aromatic rings. The van der Waals surface area contributed by atoms with Crippen LogP contribution in [0.3, 0.4) is 0 Å². The van der Waals surface area contributed by atoms with Crippen LogP contribution in [0.5, 0.6) is 0 Å². The van der Waals surface area contributed by atoms with Crippen LogP contribution in [-0.4, -0.2) is 26.7 Å². The number of hydrogen-bond donors (Lipinski definition) is 3. The van der Waals surface area contributed by atoms with Crippen molar-refractivity contribution in [2.75, 3.05) is 0 Å². The Morgan fingerprint density at radius 3 is 2.09 bits per heavy atom. The highest BCUT2D eigenvalue weighted by Gasteiger charge is 2.36. The van der Waals surface area contributed by atoms with Gasteiger partial charge in [-0.1, -0.05) is 12.8 Å². The summed E-state index contributed by atoms with van der Waals surface area (Å²) in [7, 11) is -4.05. The van der Waals surface area contributed by atoms with E-state index in [9.17, 15) is 9.67 Å². The fraction of sp³-hybridized carbons (Fsp3) is 1.00. The van der Waals surface area contributed by atoms with Crippen LogP contribution in [0.4, 0.5) is 0 Å². The summed E-state index contributed by atoms with van der Waals surface area (Å²) in [5, 5.41) is 9.21. The Morgan fingerprint density at radius 2 is 1.73 bits per heavy atom. The zero-order chi connectivity index (χ0) is 8.48. The molecule has 66 valence electrons. The SMILES string of the molecule is O=P(O)(O)C1CCCCC1O. The zero-order valence-electron chi connectivity index (χ0n) is 6.18. The molecule has 0 aromatic heterocycles. The minimum Gasteiger partial charge on any atom is -0.392 e. The average Bonchev–Trinajstić information content (AvgIpc) is 1.86. The lowest BCUT2D eigenvalue weighted by Crippen LogP contribution is -2.29. The second-order valence-electron chi connectivity index (χ2n) is 3.01. The van der Waals surface area contributed by atoms with Crippen LogP contribution in [0.25, 0.3) is 0 Å². The van der Waals surface area contributed by atoms with E-state index < -0.39 is 19.4 Å². The monoisotopic (exact) mass is 180 g/mol. The fourth-order valence-corrected chi connectivity index (χ4v) is 2.60. The summed E-state index contributed by atoms with van der Waals surface area (Å²) in [6, 6.07) is 0. The number of aliphatic hydroxyl groups excluding tert-OH is 1. The van der Waals surface area contributed by atoms with E-state index in [4.69, 9.17) is 9.79 Å². The van der Waals surface area contributed by atoms with Gasteiger partial charge in [0.05, 0.1) is 11.8 Å². The molecule has 1 saturated carbocycles. The highest BCUT2D eigenvalue weighted by Crippen LogP contribution is 2.47. The molecule has 5 heteroatoms. The molecular weight excluding hydrogens is 167 g/mol. The van der Waals surface area contributed by atoms with Crippen molar-refractivity contribution in [1.29, 1.82) is 0 Å². The third kappa shape index (κ3) is 2.27. The van der Waals surface area contributed by atoms with Crippen LogP contribution < -0.4 is 0 Å². The van der Waals surface area contributed by atoms with Crippen LogP contribution in [0.1, 0.15) is 25.7 Å². The third-order valence-electron chi connectivity index (χ3n) is 2.13. The van der Waals surface area contributed by atoms with Gasteiger partial charge < -0.3 is 14.9 Å². The van der Waals surface area contributed by atoms with E-state index in [-0.39, 0.29) is 0 Å². The molecule has 0 heterocycles. The number of hydrogen-bond acceptors (Lipinski definition) is 2. The van der Waals surface area contributed by atoms with E-state index in [1.807, 2.05) is 0 Å². The first kappa shape index (κ1) is 9.20. The van der Waals surface area contributed by atoms with E-state index in [2.05, 4.69) is 0 Å². The van der Waals surface area contributed by atoms with Crippen molar-refractivity contribution in [3.05, 3.63) is 0 Å².